The Bertz CT molecular complexity index is 1420. The van der Waals surface area contributed by atoms with Gasteiger partial charge < -0.3 is 4.74 Å². The minimum Gasteiger partial charge on any atom is -0.463 e. The number of rotatable bonds is 5. The van der Waals surface area contributed by atoms with Gasteiger partial charge in [-0.3, -0.25) is 19.5 Å². The highest BCUT2D eigenvalue weighted by Crippen LogP contribution is 2.32. The molecule has 1 atom stereocenters. The van der Waals surface area contributed by atoms with E-state index in [1.165, 1.54) is 34.1 Å². The zero-order valence-corrected chi connectivity index (χ0v) is 18.2. The lowest BCUT2D eigenvalue weighted by Gasteiger charge is -2.24. The van der Waals surface area contributed by atoms with Crippen molar-refractivity contribution in [1.82, 2.24) is 4.57 Å². The summed E-state index contributed by atoms with van der Waals surface area (Å²) in [5.74, 6) is -0.609. The van der Waals surface area contributed by atoms with Crippen LogP contribution in [0.2, 0.25) is 0 Å². The number of carbonyl (C=O) groups is 1. The Balaban J connectivity index is 1.98. The molecular formula is C23H19N3O5S. The van der Waals surface area contributed by atoms with E-state index in [0.717, 1.165) is 5.56 Å². The van der Waals surface area contributed by atoms with Gasteiger partial charge >= 0.3 is 5.97 Å². The SMILES string of the molecule is CCOC(=O)C1=C(C)N=c2s/c(=C/c3ccccc3)c(=O)n2[C@@H]1c1cccc([N+](=O)[O-])c1. The molecule has 0 saturated carbocycles. The number of fused-ring (bicyclic) bond motifs is 1. The van der Waals surface area contributed by atoms with E-state index in [-0.39, 0.29) is 23.4 Å². The number of carbonyl (C=O) groups excluding carboxylic acids is 1. The minimum absolute atomic E-state index is 0.133. The van der Waals surface area contributed by atoms with E-state index >= 15 is 0 Å². The molecule has 1 aliphatic heterocycles. The number of esters is 1. The van der Waals surface area contributed by atoms with Crippen LogP contribution >= 0.6 is 11.3 Å². The van der Waals surface area contributed by atoms with Gasteiger partial charge in [-0.25, -0.2) is 9.79 Å². The van der Waals surface area contributed by atoms with E-state index in [1.807, 2.05) is 30.3 Å². The summed E-state index contributed by atoms with van der Waals surface area (Å²) in [4.78, 5) is 42.0. The van der Waals surface area contributed by atoms with Gasteiger partial charge in [0.15, 0.2) is 4.80 Å². The second-order valence-electron chi connectivity index (χ2n) is 7.07. The molecule has 0 radical (unpaired) electrons. The number of thiazole rings is 1. The molecule has 0 fully saturated rings. The van der Waals surface area contributed by atoms with Crippen LogP contribution in [0, 0.1) is 10.1 Å². The second-order valence-corrected chi connectivity index (χ2v) is 8.07. The monoisotopic (exact) mass is 449 g/mol. The molecule has 0 saturated heterocycles. The van der Waals surface area contributed by atoms with Gasteiger partial charge in [-0.2, -0.15) is 0 Å². The maximum atomic E-state index is 13.4. The molecule has 4 rings (SSSR count). The van der Waals surface area contributed by atoms with E-state index in [1.54, 1.807) is 26.0 Å². The third-order valence-electron chi connectivity index (χ3n) is 5.01. The van der Waals surface area contributed by atoms with Gasteiger partial charge in [0.2, 0.25) is 0 Å². The number of nitro groups is 1. The first-order chi connectivity index (χ1) is 15.4. The van der Waals surface area contributed by atoms with Crippen LogP contribution in [0.15, 0.2) is 75.7 Å². The molecule has 0 spiro atoms. The van der Waals surface area contributed by atoms with Crippen molar-refractivity contribution in [1.29, 1.82) is 0 Å². The zero-order valence-electron chi connectivity index (χ0n) is 17.3. The number of nitrogens with zero attached hydrogens (tertiary/aromatic N) is 3. The van der Waals surface area contributed by atoms with Gasteiger partial charge in [0.05, 0.1) is 33.4 Å². The van der Waals surface area contributed by atoms with Gasteiger partial charge in [0, 0.05) is 12.1 Å². The van der Waals surface area contributed by atoms with Crippen molar-refractivity contribution in [2.75, 3.05) is 6.61 Å². The van der Waals surface area contributed by atoms with Crippen molar-refractivity contribution in [3.63, 3.8) is 0 Å². The molecule has 1 aromatic heterocycles. The molecule has 1 aliphatic rings. The smallest absolute Gasteiger partial charge is 0.338 e. The summed E-state index contributed by atoms with van der Waals surface area (Å²) in [6, 6.07) is 14.4. The van der Waals surface area contributed by atoms with Gasteiger partial charge in [0.1, 0.15) is 0 Å². The van der Waals surface area contributed by atoms with E-state index < -0.39 is 16.9 Å². The van der Waals surface area contributed by atoms with Crippen molar-refractivity contribution in [3.05, 3.63) is 107 Å². The van der Waals surface area contributed by atoms with Crippen molar-refractivity contribution >= 4 is 29.1 Å². The van der Waals surface area contributed by atoms with Crippen LogP contribution in [0.1, 0.15) is 31.0 Å². The number of hydrogen-bond acceptors (Lipinski definition) is 7. The second kappa shape index (κ2) is 8.72. The third kappa shape index (κ3) is 3.90. The van der Waals surface area contributed by atoms with E-state index in [2.05, 4.69) is 4.99 Å². The lowest BCUT2D eigenvalue weighted by atomic mass is 9.95. The summed E-state index contributed by atoms with van der Waals surface area (Å²) in [5, 5.41) is 11.3. The Kier molecular flexibility index (Phi) is 5.83. The number of benzene rings is 2. The summed E-state index contributed by atoms with van der Waals surface area (Å²) >= 11 is 1.20. The molecule has 9 heteroatoms. The highest BCUT2D eigenvalue weighted by Gasteiger charge is 2.34. The van der Waals surface area contributed by atoms with Crippen molar-refractivity contribution in [3.8, 4) is 0 Å². The van der Waals surface area contributed by atoms with Crippen LogP contribution in [0.25, 0.3) is 6.08 Å². The standard InChI is InChI=1S/C23H19N3O5S/c1-3-31-22(28)19-14(2)24-23-25(20(19)16-10-7-11-17(13-16)26(29)30)21(27)18(32-23)12-15-8-5-4-6-9-15/h4-13,20H,3H2,1-2H3/b18-12+/t20-/m1/s1. The maximum Gasteiger partial charge on any atom is 0.338 e. The molecule has 0 N–H and O–H groups in total. The molecule has 162 valence electrons. The summed E-state index contributed by atoms with van der Waals surface area (Å²) in [7, 11) is 0. The predicted octanol–water partition coefficient (Wildman–Crippen LogP) is 2.71. The van der Waals surface area contributed by atoms with Crippen LogP contribution in [0.3, 0.4) is 0 Å². The normalized spacial score (nSPS) is 15.8. The summed E-state index contributed by atoms with van der Waals surface area (Å²) in [6.45, 7) is 3.51. The lowest BCUT2D eigenvalue weighted by Crippen LogP contribution is -2.39. The minimum atomic E-state index is -0.886. The summed E-state index contributed by atoms with van der Waals surface area (Å²) in [5.41, 5.74) is 1.42. The Morgan fingerprint density at radius 1 is 1.25 bits per heavy atom. The first-order valence-corrected chi connectivity index (χ1v) is 10.7. The fraction of sp³-hybridized carbons (Fsp3) is 0.174. The van der Waals surface area contributed by atoms with Crippen LogP contribution < -0.4 is 14.9 Å². The molecule has 8 nitrogen and oxygen atoms in total. The fourth-order valence-electron chi connectivity index (χ4n) is 3.62. The topological polar surface area (TPSA) is 104 Å². The Hall–Kier alpha value is -3.85. The Morgan fingerprint density at radius 3 is 2.69 bits per heavy atom. The highest BCUT2D eigenvalue weighted by atomic mass is 32.1. The van der Waals surface area contributed by atoms with Gasteiger partial charge in [-0.15, -0.1) is 0 Å². The maximum absolute atomic E-state index is 13.4. The van der Waals surface area contributed by atoms with Crippen molar-refractivity contribution in [2.24, 2.45) is 4.99 Å². The Labute approximate surface area is 186 Å². The number of ether oxygens (including phenoxy) is 1. The van der Waals surface area contributed by atoms with Crippen LogP contribution in [-0.4, -0.2) is 22.1 Å². The highest BCUT2D eigenvalue weighted by molar-refractivity contribution is 7.07. The quantitative estimate of drug-likeness (QED) is 0.338. The summed E-state index contributed by atoms with van der Waals surface area (Å²) in [6.07, 6.45) is 1.76. The fourth-order valence-corrected chi connectivity index (χ4v) is 4.66. The van der Waals surface area contributed by atoms with Crippen molar-refractivity contribution in [2.45, 2.75) is 19.9 Å². The van der Waals surface area contributed by atoms with Gasteiger partial charge in [0.25, 0.3) is 11.2 Å². The molecular weight excluding hydrogens is 430 g/mol. The van der Waals surface area contributed by atoms with Crippen LogP contribution in [0.4, 0.5) is 5.69 Å². The zero-order chi connectivity index (χ0) is 22.8. The molecule has 0 aliphatic carbocycles. The number of hydrogen-bond donors (Lipinski definition) is 0. The Morgan fingerprint density at radius 2 is 2.00 bits per heavy atom. The molecule has 2 heterocycles. The molecule has 3 aromatic rings. The number of aromatic nitrogens is 1. The third-order valence-corrected chi connectivity index (χ3v) is 5.99. The molecule has 2 aromatic carbocycles. The van der Waals surface area contributed by atoms with E-state index in [4.69, 9.17) is 4.74 Å². The van der Waals surface area contributed by atoms with Crippen LogP contribution in [0.5, 0.6) is 0 Å². The summed E-state index contributed by atoms with van der Waals surface area (Å²) < 4.78 is 7.09. The van der Waals surface area contributed by atoms with E-state index in [9.17, 15) is 19.7 Å². The largest absolute Gasteiger partial charge is 0.463 e. The van der Waals surface area contributed by atoms with Crippen molar-refractivity contribution < 1.29 is 14.5 Å². The lowest BCUT2D eigenvalue weighted by molar-refractivity contribution is -0.384. The molecule has 32 heavy (non-hydrogen) atoms. The van der Waals surface area contributed by atoms with Crippen LogP contribution in [-0.2, 0) is 9.53 Å². The first kappa shape index (κ1) is 21.4. The molecule has 0 amide bonds. The number of nitro benzene ring substituents is 1. The van der Waals surface area contributed by atoms with E-state index in [0.29, 0.717) is 20.6 Å². The molecule has 0 unspecified atom stereocenters. The predicted molar refractivity (Wildman–Crippen MR) is 120 cm³/mol. The molecule has 0 bridgehead atoms. The van der Waals surface area contributed by atoms with Gasteiger partial charge in [-0.05, 0) is 31.1 Å². The average Bonchev–Trinajstić information content (AvgIpc) is 3.08. The number of non-ortho nitro benzene ring substituents is 1. The number of allylic oxidation sites excluding steroid dienone is 1. The first-order valence-electron chi connectivity index (χ1n) is 9.89. The van der Waals surface area contributed by atoms with Gasteiger partial charge in [-0.1, -0.05) is 53.8 Å². The average molecular weight is 449 g/mol.